The average molecular weight is 1260 g/mol. The molecule has 0 aromatic carbocycles. The molecule has 1 saturated heterocycles. The Kier molecular flexibility index (Phi) is 34.1. The Morgan fingerprint density at radius 3 is 1.26 bits per heavy atom. The lowest BCUT2D eigenvalue weighted by Gasteiger charge is -2.41. The largest absolute Gasteiger partial charge is 0.390 e. The van der Waals surface area contributed by atoms with E-state index in [1.54, 1.807) is 41.5 Å². The summed E-state index contributed by atoms with van der Waals surface area (Å²) in [6, 6.07) is -13.6. The monoisotopic (exact) mass is 1260 g/mol. The molecule has 1 fully saturated rings. The van der Waals surface area contributed by atoms with Gasteiger partial charge in [-0.1, -0.05) is 116 Å². The normalized spacial score (nSPS) is 27.0. The van der Waals surface area contributed by atoms with Crippen molar-refractivity contribution in [2.45, 2.75) is 254 Å². The molecule has 7 N–H and O–H groups in total. The number of hydrogen-bond donors (Lipinski definition) is 6. The first kappa shape index (κ1) is 81.1. The number of nitrogens with one attached hydrogen (secondary N) is 4. The van der Waals surface area contributed by atoms with Crippen LogP contribution in [-0.2, 0) is 52.7 Å². The van der Waals surface area contributed by atoms with Crippen molar-refractivity contribution in [1.29, 1.82) is 0 Å². The molecule has 0 aromatic heterocycles. The van der Waals surface area contributed by atoms with Crippen molar-refractivity contribution in [2.24, 2.45) is 47.2 Å². The van der Waals surface area contributed by atoms with Crippen molar-refractivity contribution in [3.8, 4) is 0 Å². The van der Waals surface area contributed by atoms with Crippen LogP contribution in [0.1, 0.15) is 182 Å². The summed E-state index contributed by atoms with van der Waals surface area (Å²) in [5, 5.41) is 23.4. The third-order valence-corrected chi connectivity index (χ3v) is 17.4. The molecule has 11 amide bonds. The Hall–Kier alpha value is -5.91. The van der Waals surface area contributed by atoms with E-state index >= 15 is 19.2 Å². The number of amides is 11. The zero-order chi connectivity index (χ0) is 69.0. The maximum atomic E-state index is 15.3. The van der Waals surface area contributed by atoms with E-state index in [1.165, 1.54) is 99.5 Å². The first-order valence-corrected chi connectivity index (χ1v) is 32.6. The molecule has 512 valence electrons. The number of carbonyl (C=O) groups excluding carboxylic acids is 11. The topological polar surface area (TPSA) is 305 Å². The van der Waals surface area contributed by atoms with Gasteiger partial charge in [-0.05, 0) is 114 Å². The minimum atomic E-state index is -1.60. The smallest absolute Gasteiger partial charge is 0.246 e. The average Bonchev–Trinajstić information content (AvgIpc) is 1.83. The standard InChI is InChI=1S/C65H120N12O12/c1-25-46-61(85)71(18)45(17)60(84)72(19)48(33-37(4)5)57(81)70-51(40(10)11)64(88)73(20)47(32-36(2)3)56(80)67-43(15)55(79)68-44(16)59(83)74(21)49(34-38(6)7)62(86)75(22)50(35-39(8)9)63(87)76(23)52(41(12)13)65(89)77(24)53(58(82)69-46)54(78)42(14)30-28-26-27-29-31-66/h36-54,78H,25-35,66H2,1-24H3,(H,67,80)(H,68,79)(H,69,82)(H,70,81)/t42-,43+,44-,45-,46+,47+,48+,49+,50+,51+,52+,53+,54-/m1/s1. The molecule has 1 heterocycles. The number of likely N-dealkylation sites (N-methyl/N-ethyl adjacent to an activating group) is 7. The molecule has 0 saturated carbocycles. The van der Waals surface area contributed by atoms with Crippen molar-refractivity contribution in [3.63, 3.8) is 0 Å². The number of unbranched alkanes of at least 4 members (excludes halogenated alkanes) is 3. The summed E-state index contributed by atoms with van der Waals surface area (Å²) >= 11 is 0. The molecule has 0 spiro atoms. The molecule has 0 radical (unpaired) electrons. The Morgan fingerprint density at radius 2 is 0.809 bits per heavy atom. The molecule has 0 unspecified atom stereocenters. The summed E-state index contributed by atoms with van der Waals surface area (Å²) in [6.07, 6.45) is 2.78. The van der Waals surface area contributed by atoms with Gasteiger partial charge < -0.3 is 66.4 Å². The van der Waals surface area contributed by atoms with Crippen LogP contribution in [0.3, 0.4) is 0 Å². The van der Waals surface area contributed by atoms with E-state index in [0.717, 1.165) is 24.2 Å². The predicted octanol–water partition coefficient (Wildman–Crippen LogP) is 3.60. The quantitative estimate of drug-likeness (QED) is 0.101. The summed E-state index contributed by atoms with van der Waals surface area (Å²) < 4.78 is 0. The first-order valence-electron chi connectivity index (χ1n) is 32.6. The van der Waals surface area contributed by atoms with Crippen LogP contribution in [0.15, 0.2) is 0 Å². The van der Waals surface area contributed by atoms with Gasteiger partial charge in [0.2, 0.25) is 65.0 Å². The van der Waals surface area contributed by atoms with Crippen LogP contribution in [0.5, 0.6) is 0 Å². The molecular formula is C65H120N12O12. The fourth-order valence-electron chi connectivity index (χ4n) is 11.5. The van der Waals surface area contributed by atoms with Crippen molar-refractivity contribution >= 4 is 65.0 Å². The number of carbonyl (C=O) groups is 11. The highest BCUT2D eigenvalue weighted by atomic mass is 16.3. The maximum absolute atomic E-state index is 15.3. The fraction of sp³-hybridized carbons (Fsp3) is 0.831. The van der Waals surface area contributed by atoms with Gasteiger partial charge in [0.1, 0.15) is 66.5 Å². The molecular weight excluding hydrogens is 1140 g/mol. The predicted molar refractivity (Wildman–Crippen MR) is 346 cm³/mol. The van der Waals surface area contributed by atoms with Crippen LogP contribution < -0.4 is 27.0 Å². The number of aliphatic hydroxyl groups excluding tert-OH is 1. The van der Waals surface area contributed by atoms with Crippen LogP contribution in [0.25, 0.3) is 0 Å². The maximum Gasteiger partial charge on any atom is 0.246 e. The van der Waals surface area contributed by atoms with Gasteiger partial charge in [0.25, 0.3) is 0 Å². The molecule has 1 aliphatic rings. The Labute approximate surface area is 534 Å². The van der Waals surface area contributed by atoms with Gasteiger partial charge in [0.05, 0.1) is 6.10 Å². The van der Waals surface area contributed by atoms with Gasteiger partial charge in [0.15, 0.2) is 0 Å². The second kappa shape index (κ2) is 37.4. The number of rotatable bonds is 19. The molecule has 1 aliphatic heterocycles. The Bertz CT molecular complexity index is 2370. The highest BCUT2D eigenvalue weighted by Gasteiger charge is 2.46. The van der Waals surface area contributed by atoms with Gasteiger partial charge in [-0.2, -0.15) is 0 Å². The lowest BCUT2D eigenvalue weighted by atomic mass is 9.90. The molecule has 89 heavy (non-hydrogen) atoms. The molecule has 1 rings (SSSR count). The highest BCUT2D eigenvalue weighted by molar-refractivity contribution is 6.00. The van der Waals surface area contributed by atoms with Crippen LogP contribution >= 0.6 is 0 Å². The highest BCUT2D eigenvalue weighted by Crippen LogP contribution is 2.26. The van der Waals surface area contributed by atoms with Gasteiger partial charge in [-0.25, -0.2) is 0 Å². The summed E-state index contributed by atoms with van der Waals surface area (Å²) in [4.78, 5) is 170. The van der Waals surface area contributed by atoms with E-state index in [9.17, 15) is 38.7 Å². The summed E-state index contributed by atoms with van der Waals surface area (Å²) in [7, 11) is 10.0. The lowest BCUT2D eigenvalue weighted by Crippen LogP contribution is -2.64. The third-order valence-electron chi connectivity index (χ3n) is 17.4. The minimum Gasteiger partial charge on any atom is -0.390 e. The second-order valence-electron chi connectivity index (χ2n) is 27.7. The zero-order valence-electron chi connectivity index (χ0n) is 58.9. The molecule has 0 aromatic rings. The third kappa shape index (κ3) is 23.1. The van der Waals surface area contributed by atoms with E-state index in [0.29, 0.717) is 19.4 Å². The van der Waals surface area contributed by atoms with Crippen molar-refractivity contribution < 1.29 is 57.8 Å². The molecule has 24 heteroatoms. The molecule has 13 atom stereocenters. The Balaban J connectivity index is 4.38. The van der Waals surface area contributed by atoms with Crippen molar-refractivity contribution in [3.05, 3.63) is 0 Å². The number of hydrogen-bond acceptors (Lipinski definition) is 13. The van der Waals surface area contributed by atoms with Crippen LogP contribution in [0.4, 0.5) is 0 Å². The first-order chi connectivity index (χ1) is 41.1. The Morgan fingerprint density at radius 1 is 0.404 bits per heavy atom. The van der Waals surface area contributed by atoms with E-state index in [2.05, 4.69) is 21.3 Å². The SMILES string of the molecule is CC[C@@H]1NC(=O)[C@H]([C@H](O)[C@H](C)CCCCCCN)N(C)C(=O)[C@H](C(C)C)N(C)C(=O)[C@H](CC(C)C)N(C)C(=O)[C@H](CC(C)C)N(C)C(=O)[C@@H](C)NC(=O)[C@H](C)NC(=O)[C@H](CC(C)C)N(C)C(=O)[C@H](C(C)C)NC(=O)[C@H](CC(C)C)N(C)C(=O)[C@@H](C)N(C)C1=O. The van der Waals surface area contributed by atoms with Gasteiger partial charge in [-0.15, -0.1) is 0 Å². The number of aliphatic hydroxyl groups is 1. The summed E-state index contributed by atoms with van der Waals surface area (Å²) in [6.45, 7) is 30.2. The fourth-order valence-corrected chi connectivity index (χ4v) is 11.5. The number of nitrogens with two attached hydrogens (primary N) is 1. The van der Waals surface area contributed by atoms with Gasteiger partial charge in [-0.3, -0.25) is 52.7 Å². The number of nitrogens with zero attached hydrogens (tertiary/aromatic N) is 7. The van der Waals surface area contributed by atoms with Crippen LogP contribution in [0.2, 0.25) is 0 Å². The molecule has 24 nitrogen and oxygen atoms in total. The van der Waals surface area contributed by atoms with E-state index in [1.807, 2.05) is 55.4 Å². The molecule has 0 aliphatic carbocycles. The summed E-state index contributed by atoms with van der Waals surface area (Å²) in [5.41, 5.74) is 5.75. The van der Waals surface area contributed by atoms with Gasteiger partial charge in [0, 0.05) is 49.3 Å². The van der Waals surface area contributed by atoms with Crippen molar-refractivity contribution in [2.75, 3.05) is 55.9 Å². The lowest BCUT2D eigenvalue weighted by molar-refractivity contribution is -0.157. The van der Waals surface area contributed by atoms with Crippen LogP contribution in [-0.4, -0.2) is 233 Å². The second-order valence-corrected chi connectivity index (χ2v) is 27.7. The minimum absolute atomic E-state index is 0.0182. The summed E-state index contributed by atoms with van der Waals surface area (Å²) in [5.74, 6) is -9.65. The van der Waals surface area contributed by atoms with E-state index < -0.39 is 155 Å². The van der Waals surface area contributed by atoms with Crippen LogP contribution in [0, 0.1) is 41.4 Å². The zero-order valence-corrected chi connectivity index (χ0v) is 58.9. The van der Waals surface area contributed by atoms with E-state index in [-0.39, 0.29) is 55.8 Å². The van der Waals surface area contributed by atoms with Gasteiger partial charge >= 0.3 is 0 Å². The molecule has 0 bridgehead atoms. The van der Waals surface area contributed by atoms with E-state index in [4.69, 9.17) is 5.73 Å². The van der Waals surface area contributed by atoms with Crippen molar-refractivity contribution in [1.82, 2.24) is 55.6 Å².